The number of nitrogens with zero attached hydrogens (tertiary/aromatic N) is 4. The fraction of sp³-hybridized carbons (Fsp3) is 0.765. The predicted octanol–water partition coefficient (Wildman–Crippen LogP) is 0.330. The van der Waals surface area contributed by atoms with E-state index in [1.165, 1.54) is 4.68 Å². The van der Waals surface area contributed by atoms with E-state index >= 15 is 0 Å². The molecule has 0 radical (unpaired) electrons. The quantitative estimate of drug-likeness (QED) is 0.784. The molecule has 9 heteroatoms. The second-order valence-electron chi connectivity index (χ2n) is 7.59. The van der Waals surface area contributed by atoms with E-state index in [2.05, 4.69) is 15.7 Å². The lowest BCUT2D eigenvalue weighted by molar-refractivity contribution is -0.121. The molecule has 2 fully saturated rings. The Morgan fingerprint density at radius 2 is 1.85 bits per heavy atom. The minimum atomic E-state index is -0.457. The molecule has 0 atom stereocenters. The first-order valence-corrected chi connectivity index (χ1v) is 9.33. The van der Waals surface area contributed by atoms with E-state index in [1.807, 2.05) is 23.3 Å². The number of aromatic nitrogens is 3. The van der Waals surface area contributed by atoms with E-state index in [0.717, 1.165) is 44.6 Å². The van der Waals surface area contributed by atoms with Gasteiger partial charge in [-0.15, -0.1) is 0 Å². The van der Waals surface area contributed by atoms with Crippen molar-refractivity contribution in [2.45, 2.75) is 57.5 Å². The summed E-state index contributed by atoms with van der Waals surface area (Å²) in [5.74, 6) is 0.836. The van der Waals surface area contributed by atoms with Crippen LogP contribution in [0.5, 0.6) is 0 Å². The Bertz CT molecular complexity index is 725. The molecule has 1 saturated heterocycles. The van der Waals surface area contributed by atoms with Crippen molar-refractivity contribution in [1.82, 2.24) is 29.9 Å². The van der Waals surface area contributed by atoms with Gasteiger partial charge in [-0.3, -0.25) is 19.6 Å². The molecule has 2 N–H and O–H groups in total. The van der Waals surface area contributed by atoms with Crippen molar-refractivity contribution in [3.63, 3.8) is 0 Å². The maximum Gasteiger partial charge on any atom is 0.345 e. The van der Waals surface area contributed by atoms with Crippen LogP contribution in [-0.4, -0.2) is 56.9 Å². The molecule has 3 amide bonds. The second-order valence-corrected chi connectivity index (χ2v) is 7.59. The van der Waals surface area contributed by atoms with Gasteiger partial charge in [-0.05, 0) is 52.6 Å². The van der Waals surface area contributed by atoms with Gasteiger partial charge < -0.3 is 5.32 Å². The molecule has 2 aliphatic rings. The molecule has 1 aromatic rings. The van der Waals surface area contributed by atoms with Gasteiger partial charge in [-0.25, -0.2) is 14.3 Å². The van der Waals surface area contributed by atoms with Crippen LogP contribution in [0.1, 0.15) is 57.3 Å². The maximum absolute atomic E-state index is 12.3. The first-order chi connectivity index (χ1) is 12.3. The zero-order chi connectivity index (χ0) is 18.8. The molecule has 2 heterocycles. The highest BCUT2D eigenvalue weighted by Gasteiger charge is 2.33. The van der Waals surface area contributed by atoms with Crippen molar-refractivity contribution >= 4 is 11.9 Å². The van der Waals surface area contributed by atoms with Gasteiger partial charge in [0.1, 0.15) is 5.82 Å². The van der Waals surface area contributed by atoms with E-state index < -0.39 is 6.03 Å². The number of likely N-dealkylation sites (tertiary alicyclic amines) is 1. The minimum absolute atomic E-state index is 0.0130. The molecule has 1 saturated carbocycles. The molecule has 26 heavy (non-hydrogen) atoms. The Balaban J connectivity index is 1.52. The van der Waals surface area contributed by atoms with Crippen molar-refractivity contribution in [2.24, 2.45) is 7.05 Å². The Labute approximate surface area is 152 Å². The first kappa shape index (κ1) is 18.6. The molecule has 144 valence electrons. The molecule has 0 aromatic carbocycles. The molecule has 0 spiro atoms. The highest BCUT2D eigenvalue weighted by atomic mass is 16.2. The molecular weight excluding hydrogens is 336 g/mol. The lowest BCUT2D eigenvalue weighted by Gasteiger charge is -2.30. The topological polar surface area (TPSA) is 101 Å². The van der Waals surface area contributed by atoms with Crippen molar-refractivity contribution in [2.75, 3.05) is 19.6 Å². The number of urea groups is 1. The first-order valence-electron chi connectivity index (χ1n) is 9.33. The summed E-state index contributed by atoms with van der Waals surface area (Å²) in [6, 6.07) is -0.155. The second kappa shape index (κ2) is 7.61. The van der Waals surface area contributed by atoms with Gasteiger partial charge in [0, 0.05) is 25.0 Å². The average molecular weight is 364 g/mol. The van der Waals surface area contributed by atoms with Crippen LogP contribution in [0.2, 0.25) is 0 Å². The molecule has 1 aliphatic carbocycles. The number of hydrogen-bond acceptors (Lipinski definition) is 5. The monoisotopic (exact) mass is 364 g/mol. The number of amides is 3. The van der Waals surface area contributed by atoms with Gasteiger partial charge in [-0.1, -0.05) is 0 Å². The van der Waals surface area contributed by atoms with Gasteiger partial charge in [0.25, 0.3) is 0 Å². The number of hydrogen-bond donors (Lipinski definition) is 2. The Morgan fingerprint density at radius 3 is 2.42 bits per heavy atom. The Morgan fingerprint density at radius 1 is 1.19 bits per heavy atom. The number of rotatable bonds is 5. The van der Waals surface area contributed by atoms with Crippen molar-refractivity contribution in [1.29, 1.82) is 0 Å². The van der Waals surface area contributed by atoms with E-state index in [4.69, 9.17) is 0 Å². The highest BCUT2D eigenvalue weighted by Crippen LogP contribution is 2.37. The zero-order valence-electron chi connectivity index (χ0n) is 15.7. The summed E-state index contributed by atoms with van der Waals surface area (Å²) in [7, 11) is 1.70. The summed E-state index contributed by atoms with van der Waals surface area (Å²) in [5.41, 5.74) is -0.0273. The van der Waals surface area contributed by atoms with Crippen LogP contribution >= 0.6 is 0 Å². The molecule has 3 rings (SSSR count). The number of nitrogens with one attached hydrogen (secondary N) is 2. The van der Waals surface area contributed by atoms with Crippen LogP contribution in [0.4, 0.5) is 4.79 Å². The Hall–Kier alpha value is -2.16. The summed E-state index contributed by atoms with van der Waals surface area (Å²) in [5, 5.41) is 9.45. The summed E-state index contributed by atoms with van der Waals surface area (Å²) < 4.78 is 3.30. The van der Waals surface area contributed by atoms with E-state index in [-0.39, 0.29) is 30.1 Å². The third-order valence-electron chi connectivity index (χ3n) is 4.89. The number of piperidine rings is 1. The number of carbonyl (C=O) groups excluding carboxylic acids is 2. The van der Waals surface area contributed by atoms with Crippen LogP contribution in [-0.2, 0) is 11.8 Å². The third-order valence-corrected chi connectivity index (χ3v) is 4.89. The molecule has 1 aromatic heterocycles. The van der Waals surface area contributed by atoms with Crippen molar-refractivity contribution in [3.8, 4) is 0 Å². The van der Waals surface area contributed by atoms with Crippen LogP contribution < -0.4 is 16.3 Å². The fourth-order valence-electron chi connectivity index (χ4n) is 3.47. The molecular formula is C17H28N6O3. The van der Waals surface area contributed by atoms with E-state index in [9.17, 15) is 14.4 Å². The minimum Gasteiger partial charge on any atom is -0.336 e. The fourth-order valence-corrected chi connectivity index (χ4v) is 3.47. The lowest BCUT2D eigenvalue weighted by atomic mass is 9.96. The van der Waals surface area contributed by atoms with E-state index in [1.54, 1.807) is 7.05 Å². The van der Waals surface area contributed by atoms with Gasteiger partial charge >= 0.3 is 11.7 Å². The van der Waals surface area contributed by atoms with Gasteiger partial charge in [0.2, 0.25) is 5.91 Å². The largest absolute Gasteiger partial charge is 0.345 e. The van der Waals surface area contributed by atoms with Crippen LogP contribution in [0, 0.1) is 0 Å². The molecule has 9 nitrogen and oxygen atoms in total. The van der Waals surface area contributed by atoms with Crippen molar-refractivity contribution in [3.05, 3.63) is 16.3 Å². The number of carbonyl (C=O) groups is 2. The van der Waals surface area contributed by atoms with Crippen LogP contribution in [0.25, 0.3) is 0 Å². The van der Waals surface area contributed by atoms with Gasteiger partial charge in [0.15, 0.2) is 0 Å². The summed E-state index contributed by atoms with van der Waals surface area (Å²) in [6.07, 6.45) is 3.81. The maximum atomic E-state index is 12.3. The molecule has 0 bridgehead atoms. The zero-order valence-corrected chi connectivity index (χ0v) is 15.7. The third kappa shape index (κ3) is 4.32. The van der Waals surface area contributed by atoms with Crippen LogP contribution in [0.15, 0.2) is 4.79 Å². The summed E-state index contributed by atoms with van der Waals surface area (Å²) in [4.78, 5) is 37.9. The normalized spacial score (nSPS) is 18.9. The lowest BCUT2D eigenvalue weighted by Crippen LogP contribution is -2.47. The summed E-state index contributed by atoms with van der Waals surface area (Å²) in [6.45, 7) is 5.38. The Kier molecular flexibility index (Phi) is 5.45. The van der Waals surface area contributed by atoms with E-state index in [0.29, 0.717) is 6.04 Å². The van der Waals surface area contributed by atoms with Gasteiger partial charge in [0.05, 0.1) is 6.54 Å². The molecule has 1 aliphatic heterocycles. The highest BCUT2D eigenvalue weighted by molar-refractivity contribution is 5.95. The number of imide groups is 1. The van der Waals surface area contributed by atoms with Crippen LogP contribution in [0.3, 0.4) is 0 Å². The van der Waals surface area contributed by atoms with Gasteiger partial charge in [-0.2, -0.15) is 5.10 Å². The average Bonchev–Trinajstić information content (AvgIpc) is 3.34. The predicted molar refractivity (Wildman–Crippen MR) is 96.0 cm³/mol. The SMILES string of the molecule is CC(C)NC(=O)NC(=O)CN1CCC(c2nn(C)c(=O)n2C2CC2)CC1. The summed E-state index contributed by atoms with van der Waals surface area (Å²) >= 11 is 0. The standard InChI is InChI=1S/C17H28N6O3/c1-11(2)18-16(25)19-14(24)10-22-8-6-12(7-9-22)15-20-21(3)17(26)23(15)13-4-5-13/h11-13H,4-10H2,1-3H3,(H2,18,19,24,25). The smallest absolute Gasteiger partial charge is 0.336 e. The number of aryl methyl sites for hydroxylation is 1. The van der Waals surface area contributed by atoms with Crippen molar-refractivity contribution < 1.29 is 9.59 Å². The molecule has 0 unspecified atom stereocenters.